The first-order chi connectivity index (χ1) is 22.1. The molecule has 1 aliphatic rings. The predicted molar refractivity (Wildman–Crippen MR) is 171 cm³/mol. The van der Waals surface area contributed by atoms with Crippen LogP contribution in [0.1, 0.15) is 36.8 Å². The van der Waals surface area contributed by atoms with Gasteiger partial charge < -0.3 is 34.5 Å². The molecule has 1 amide bonds. The normalized spacial score (nSPS) is 20.3. The number of hydrogen-bond donors (Lipinski definition) is 3. The standard InChI is InChI=1S/C35H39N3O8/c1-21(2)32(41)36-27-19-20-38(34(42)37-27)33-30(45-5)28(39)29(46-33)31(40)35(22-9-7-6-8-10-22,23-11-15-25(43-3)16-12-23)24-13-17-26(44-4)18-14-24/h6-21,28-31,33,39-40H,1-5H3,(H,36,37,41,42)/t28-,29+,30-,31?,33-/m1/s1. The molecule has 5 rings (SSSR count). The number of ether oxygens (including phenoxy) is 4. The number of amides is 1. The molecular weight excluding hydrogens is 590 g/mol. The van der Waals surface area contributed by atoms with Gasteiger partial charge in [-0.2, -0.15) is 4.98 Å². The lowest BCUT2D eigenvalue weighted by Gasteiger charge is -2.42. The summed E-state index contributed by atoms with van der Waals surface area (Å²) in [4.78, 5) is 29.4. The van der Waals surface area contributed by atoms with Crippen LogP contribution in [0.25, 0.3) is 0 Å². The van der Waals surface area contributed by atoms with Crippen molar-refractivity contribution in [2.24, 2.45) is 5.92 Å². The lowest BCUT2D eigenvalue weighted by molar-refractivity contribution is -0.118. The third-order valence-corrected chi connectivity index (χ3v) is 8.48. The lowest BCUT2D eigenvalue weighted by atomic mass is 9.64. The van der Waals surface area contributed by atoms with Gasteiger partial charge in [0.2, 0.25) is 5.91 Å². The van der Waals surface area contributed by atoms with Crippen molar-refractivity contribution in [1.82, 2.24) is 9.55 Å². The molecule has 11 nitrogen and oxygen atoms in total. The number of anilines is 1. The number of carbonyl (C=O) groups is 1. The van der Waals surface area contributed by atoms with Gasteiger partial charge in [-0.15, -0.1) is 0 Å². The molecule has 0 bridgehead atoms. The second-order valence-electron chi connectivity index (χ2n) is 11.4. The Kier molecular flexibility index (Phi) is 9.88. The lowest BCUT2D eigenvalue weighted by Crippen LogP contribution is -2.52. The zero-order chi connectivity index (χ0) is 33.0. The van der Waals surface area contributed by atoms with Crippen molar-refractivity contribution in [3.8, 4) is 11.5 Å². The summed E-state index contributed by atoms with van der Waals surface area (Å²) < 4.78 is 24.1. The van der Waals surface area contributed by atoms with Crippen LogP contribution in [0.5, 0.6) is 11.5 Å². The Labute approximate surface area is 267 Å². The zero-order valence-electron chi connectivity index (χ0n) is 26.4. The van der Waals surface area contributed by atoms with E-state index >= 15 is 0 Å². The number of nitrogens with zero attached hydrogens (tertiary/aromatic N) is 2. The van der Waals surface area contributed by atoms with E-state index in [9.17, 15) is 19.8 Å². The largest absolute Gasteiger partial charge is 0.497 e. The van der Waals surface area contributed by atoms with Crippen LogP contribution in [-0.4, -0.2) is 71.4 Å². The van der Waals surface area contributed by atoms with E-state index in [0.717, 1.165) is 5.56 Å². The van der Waals surface area contributed by atoms with E-state index < -0.39 is 41.7 Å². The second-order valence-corrected chi connectivity index (χ2v) is 11.4. The first-order valence-corrected chi connectivity index (χ1v) is 14.9. The molecule has 1 unspecified atom stereocenters. The maximum atomic E-state index is 13.2. The molecule has 46 heavy (non-hydrogen) atoms. The van der Waals surface area contributed by atoms with Crippen molar-refractivity contribution in [2.45, 2.75) is 49.9 Å². The monoisotopic (exact) mass is 629 g/mol. The van der Waals surface area contributed by atoms with Crippen molar-refractivity contribution in [3.63, 3.8) is 0 Å². The molecule has 1 fully saturated rings. The Bertz CT molecular complexity index is 1630. The van der Waals surface area contributed by atoms with Crippen LogP contribution in [0.4, 0.5) is 5.82 Å². The number of hydrogen-bond acceptors (Lipinski definition) is 9. The maximum Gasteiger partial charge on any atom is 0.351 e. The number of methoxy groups -OCH3 is 3. The first-order valence-electron chi connectivity index (χ1n) is 14.9. The van der Waals surface area contributed by atoms with Gasteiger partial charge in [-0.05, 0) is 47.0 Å². The molecule has 4 aromatic rings. The number of aliphatic hydroxyl groups is 2. The first kappa shape index (κ1) is 32.8. The smallest absolute Gasteiger partial charge is 0.351 e. The van der Waals surface area contributed by atoms with E-state index in [4.69, 9.17) is 18.9 Å². The van der Waals surface area contributed by atoms with Gasteiger partial charge in [0.1, 0.15) is 41.7 Å². The van der Waals surface area contributed by atoms with Crippen LogP contribution in [0.3, 0.4) is 0 Å². The van der Waals surface area contributed by atoms with Gasteiger partial charge >= 0.3 is 5.69 Å². The number of aliphatic hydroxyl groups excluding tert-OH is 2. The number of aromatic nitrogens is 2. The van der Waals surface area contributed by atoms with Crippen LogP contribution < -0.4 is 20.5 Å². The van der Waals surface area contributed by atoms with Crippen LogP contribution in [-0.2, 0) is 19.7 Å². The maximum absolute atomic E-state index is 13.2. The molecule has 3 aromatic carbocycles. The van der Waals surface area contributed by atoms with E-state index in [-0.39, 0.29) is 17.6 Å². The van der Waals surface area contributed by atoms with E-state index in [1.54, 1.807) is 52.3 Å². The van der Waals surface area contributed by atoms with Crippen molar-refractivity contribution in [1.29, 1.82) is 0 Å². The van der Waals surface area contributed by atoms with Gasteiger partial charge in [-0.1, -0.05) is 68.4 Å². The molecule has 11 heteroatoms. The van der Waals surface area contributed by atoms with Gasteiger partial charge in [-0.3, -0.25) is 9.36 Å². The number of carbonyl (C=O) groups excluding carboxylic acids is 1. The van der Waals surface area contributed by atoms with Gasteiger partial charge in [0, 0.05) is 19.2 Å². The Balaban J connectivity index is 1.63. The highest BCUT2D eigenvalue weighted by atomic mass is 16.6. The molecule has 242 valence electrons. The van der Waals surface area contributed by atoms with Gasteiger partial charge in [-0.25, -0.2) is 4.79 Å². The Morgan fingerprint density at radius 3 is 1.91 bits per heavy atom. The topological polar surface area (TPSA) is 141 Å². The fourth-order valence-electron chi connectivity index (χ4n) is 6.03. The van der Waals surface area contributed by atoms with Crippen molar-refractivity contribution in [3.05, 3.63) is 118 Å². The molecule has 1 saturated heterocycles. The fraction of sp³-hybridized carbons (Fsp3) is 0.343. The Morgan fingerprint density at radius 2 is 1.43 bits per heavy atom. The average Bonchev–Trinajstić information content (AvgIpc) is 3.41. The summed E-state index contributed by atoms with van der Waals surface area (Å²) in [6.07, 6.45) is -4.79. The average molecular weight is 630 g/mol. The molecule has 0 saturated carbocycles. The third-order valence-electron chi connectivity index (χ3n) is 8.48. The van der Waals surface area contributed by atoms with Crippen LogP contribution >= 0.6 is 0 Å². The third kappa shape index (κ3) is 6.02. The second kappa shape index (κ2) is 13.8. The molecule has 0 aliphatic carbocycles. The summed E-state index contributed by atoms with van der Waals surface area (Å²) in [6.45, 7) is 3.46. The molecule has 1 aromatic heterocycles. The molecule has 1 aliphatic heterocycles. The zero-order valence-corrected chi connectivity index (χ0v) is 26.4. The minimum absolute atomic E-state index is 0.0890. The van der Waals surface area contributed by atoms with Crippen LogP contribution in [0.15, 0.2) is 95.9 Å². The number of benzene rings is 3. The van der Waals surface area contributed by atoms with Crippen molar-refractivity contribution < 1.29 is 34.0 Å². The van der Waals surface area contributed by atoms with Crippen LogP contribution in [0.2, 0.25) is 0 Å². The SMILES string of the molecule is COc1ccc(C(c2ccccc2)(c2ccc(OC)cc2)C(O)[C@H]2O[C@@H](n3ccc(NC(=O)C(C)C)nc3=O)[C@H](OC)[C@@H]2O)cc1. The number of nitrogens with one attached hydrogen (secondary N) is 1. The quantitative estimate of drug-likeness (QED) is 0.213. The van der Waals surface area contributed by atoms with Gasteiger partial charge in [0.25, 0.3) is 0 Å². The van der Waals surface area contributed by atoms with Gasteiger partial charge in [0.15, 0.2) is 6.23 Å². The minimum atomic E-state index is -1.41. The highest BCUT2D eigenvalue weighted by Gasteiger charge is 2.56. The fourth-order valence-corrected chi connectivity index (χ4v) is 6.03. The number of rotatable bonds is 11. The molecule has 3 N–H and O–H groups in total. The summed E-state index contributed by atoms with van der Waals surface area (Å²) in [5, 5.41) is 26.9. The summed E-state index contributed by atoms with van der Waals surface area (Å²) >= 11 is 0. The van der Waals surface area contributed by atoms with E-state index in [1.165, 1.54) is 23.9 Å². The highest BCUT2D eigenvalue weighted by molar-refractivity contribution is 5.91. The summed E-state index contributed by atoms with van der Waals surface area (Å²) in [5.41, 5.74) is 0.127. The molecular formula is C35H39N3O8. The predicted octanol–water partition coefficient (Wildman–Crippen LogP) is 3.52. The summed E-state index contributed by atoms with van der Waals surface area (Å²) in [6, 6.07) is 25.6. The van der Waals surface area contributed by atoms with Crippen LogP contribution in [0, 0.1) is 5.92 Å². The molecule has 2 heterocycles. The summed E-state index contributed by atoms with van der Waals surface area (Å²) in [5.74, 6) is 0.757. The van der Waals surface area contributed by atoms with Gasteiger partial charge in [0.05, 0.1) is 19.6 Å². The molecule has 0 spiro atoms. The van der Waals surface area contributed by atoms with Crippen molar-refractivity contribution >= 4 is 11.7 Å². The minimum Gasteiger partial charge on any atom is -0.497 e. The van der Waals surface area contributed by atoms with Crippen molar-refractivity contribution in [2.75, 3.05) is 26.6 Å². The Hall–Kier alpha value is -4.55. The van der Waals surface area contributed by atoms with E-state index in [0.29, 0.717) is 22.6 Å². The van der Waals surface area contributed by atoms with E-state index in [2.05, 4.69) is 10.3 Å². The molecule has 5 atom stereocenters. The highest BCUT2D eigenvalue weighted by Crippen LogP contribution is 2.47. The van der Waals surface area contributed by atoms with E-state index in [1.807, 2.05) is 54.6 Å². The Morgan fingerprint density at radius 1 is 0.891 bits per heavy atom. The summed E-state index contributed by atoms with van der Waals surface area (Å²) in [7, 11) is 4.55. The molecule has 0 radical (unpaired) electrons.